The fourth-order valence-electron chi connectivity index (χ4n) is 3.87. The van der Waals surface area contributed by atoms with Crippen LogP contribution in [0.4, 0.5) is 10.5 Å². The summed E-state index contributed by atoms with van der Waals surface area (Å²) in [6.07, 6.45) is 2.17. The molecule has 1 amide bonds. The molecule has 1 atom stereocenters. The molecule has 33 heavy (non-hydrogen) atoms. The van der Waals surface area contributed by atoms with Crippen LogP contribution in [-0.4, -0.2) is 58.7 Å². The van der Waals surface area contributed by atoms with Crippen molar-refractivity contribution >= 4 is 33.4 Å². The Kier molecular flexibility index (Phi) is 9.00. The van der Waals surface area contributed by atoms with E-state index in [1.807, 2.05) is 25.2 Å². The van der Waals surface area contributed by atoms with E-state index >= 15 is 0 Å². The maximum Gasteiger partial charge on any atom is 0.410 e. The number of sulfonamides is 1. The highest BCUT2D eigenvalue weighted by molar-refractivity contribution is 7.92. The minimum Gasteiger partial charge on any atom is -0.444 e. The van der Waals surface area contributed by atoms with E-state index < -0.39 is 22.2 Å². The van der Waals surface area contributed by atoms with Gasteiger partial charge in [-0.15, -0.1) is 0 Å². The van der Waals surface area contributed by atoms with Crippen LogP contribution in [-0.2, 0) is 21.2 Å². The molecule has 1 unspecified atom stereocenters. The molecule has 2 aromatic rings. The summed E-state index contributed by atoms with van der Waals surface area (Å²) in [6.45, 7) is 4.16. The van der Waals surface area contributed by atoms with Crippen LogP contribution >= 0.6 is 11.6 Å². The lowest BCUT2D eigenvalue weighted by molar-refractivity contribution is 0.0642. The largest absolute Gasteiger partial charge is 0.444 e. The molecule has 9 heteroatoms. The van der Waals surface area contributed by atoms with Gasteiger partial charge in [0.05, 0.1) is 17.1 Å². The van der Waals surface area contributed by atoms with Gasteiger partial charge in [-0.3, -0.25) is 4.31 Å². The molecular weight excluding hydrogens is 462 g/mol. The monoisotopic (exact) mass is 493 g/mol. The average Bonchev–Trinajstić information content (AvgIpc) is 2.81. The lowest BCUT2D eigenvalue weighted by Crippen LogP contribution is -2.46. The third-order valence-corrected chi connectivity index (χ3v) is 7.69. The van der Waals surface area contributed by atoms with Gasteiger partial charge >= 0.3 is 6.09 Å². The summed E-state index contributed by atoms with van der Waals surface area (Å²) >= 11 is 5.95. The van der Waals surface area contributed by atoms with Gasteiger partial charge in [0.1, 0.15) is 6.10 Å². The lowest BCUT2D eigenvalue weighted by Gasteiger charge is -2.35. The Labute approximate surface area is 201 Å². The van der Waals surface area contributed by atoms with Gasteiger partial charge in [-0.25, -0.2) is 13.2 Å². The molecule has 0 fully saturated rings. The van der Waals surface area contributed by atoms with Crippen molar-refractivity contribution < 1.29 is 17.9 Å². The molecular formula is C24H32ClN3O4S. The van der Waals surface area contributed by atoms with Crippen LogP contribution in [0.5, 0.6) is 0 Å². The van der Waals surface area contributed by atoms with E-state index in [0.717, 1.165) is 31.4 Å². The van der Waals surface area contributed by atoms with Crippen molar-refractivity contribution in [2.75, 3.05) is 37.5 Å². The van der Waals surface area contributed by atoms with Crippen molar-refractivity contribution in [2.45, 2.75) is 43.6 Å². The number of para-hydroxylation sites is 1. The number of carbonyl (C=O) groups excluding carboxylic acids is 1. The summed E-state index contributed by atoms with van der Waals surface area (Å²) in [5, 5.41) is 3.55. The molecule has 0 saturated carbocycles. The predicted molar refractivity (Wildman–Crippen MR) is 131 cm³/mol. The maximum atomic E-state index is 13.5. The molecule has 0 spiro atoms. The molecule has 0 aromatic heterocycles. The normalized spacial score (nSPS) is 15.7. The number of rotatable bonds is 10. The number of benzene rings is 2. The molecule has 7 nitrogen and oxygen atoms in total. The van der Waals surface area contributed by atoms with Crippen LogP contribution in [0.3, 0.4) is 0 Å². The highest BCUT2D eigenvalue weighted by atomic mass is 35.5. The first kappa shape index (κ1) is 25.3. The topological polar surface area (TPSA) is 79.0 Å². The zero-order chi connectivity index (χ0) is 23.8. The number of amides is 1. The van der Waals surface area contributed by atoms with Crippen molar-refractivity contribution in [3.05, 3.63) is 59.1 Å². The van der Waals surface area contributed by atoms with E-state index in [-0.39, 0.29) is 11.4 Å². The van der Waals surface area contributed by atoms with Crippen molar-refractivity contribution in [1.29, 1.82) is 0 Å². The summed E-state index contributed by atoms with van der Waals surface area (Å²) in [5.41, 5.74) is 1.44. The smallest absolute Gasteiger partial charge is 0.410 e. The number of fused-ring (bicyclic) bond motifs is 1. The molecule has 2 aromatic carbocycles. The summed E-state index contributed by atoms with van der Waals surface area (Å²) in [6, 6.07) is 13.4. The first-order chi connectivity index (χ1) is 15.9. The summed E-state index contributed by atoms with van der Waals surface area (Å²) in [5.74, 6) is 0. The van der Waals surface area contributed by atoms with E-state index in [1.165, 1.54) is 16.4 Å². The second kappa shape index (κ2) is 11.7. The van der Waals surface area contributed by atoms with Crippen molar-refractivity contribution in [1.82, 2.24) is 10.2 Å². The number of hydrogen-bond donors (Lipinski definition) is 1. The third-order valence-electron chi connectivity index (χ3n) is 5.64. The molecule has 3 rings (SSSR count). The number of halogens is 1. The van der Waals surface area contributed by atoms with Crippen LogP contribution in [0.1, 0.15) is 31.7 Å². The minimum atomic E-state index is -3.85. The Hall–Kier alpha value is -2.29. The molecule has 0 bridgehead atoms. The Balaban J connectivity index is 1.82. The van der Waals surface area contributed by atoms with Crippen molar-refractivity contribution in [3.8, 4) is 0 Å². The van der Waals surface area contributed by atoms with Crippen LogP contribution in [0.25, 0.3) is 0 Å². The van der Waals surface area contributed by atoms with Gasteiger partial charge in [0.15, 0.2) is 0 Å². The highest BCUT2D eigenvalue weighted by Crippen LogP contribution is 2.33. The number of unbranched alkanes of at least 4 members (excludes halogenated alkanes) is 1. The van der Waals surface area contributed by atoms with Crippen LogP contribution in [0.2, 0.25) is 5.02 Å². The number of hydrogen-bond acceptors (Lipinski definition) is 5. The number of nitrogens with one attached hydrogen (secondary N) is 1. The fraction of sp³-hybridized carbons (Fsp3) is 0.458. The van der Waals surface area contributed by atoms with Gasteiger partial charge in [-0.1, -0.05) is 43.1 Å². The quantitative estimate of drug-likeness (QED) is 0.499. The Morgan fingerprint density at radius 2 is 1.85 bits per heavy atom. The van der Waals surface area contributed by atoms with E-state index in [2.05, 4.69) is 12.2 Å². The second-order valence-corrected chi connectivity index (χ2v) is 10.4. The highest BCUT2D eigenvalue weighted by Gasteiger charge is 2.35. The Morgan fingerprint density at radius 3 is 2.55 bits per heavy atom. The summed E-state index contributed by atoms with van der Waals surface area (Å²) in [7, 11) is -1.97. The van der Waals surface area contributed by atoms with Crippen molar-refractivity contribution in [2.24, 2.45) is 0 Å². The van der Waals surface area contributed by atoms with Crippen molar-refractivity contribution in [3.63, 3.8) is 0 Å². The molecule has 0 aliphatic carbocycles. The fourth-order valence-corrected chi connectivity index (χ4v) is 5.53. The van der Waals surface area contributed by atoms with Gasteiger partial charge in [0.2, 0.25) is 0 Å². The van der Waals surface area contributed by atoms with Gasteiger partial charge < -0.3 is 15.0 Å². The second-order valence-electron chi connectivity index (χ2n) is 8.13. The molecule has 1 heterocycles. The van der Waals surface area contributed by atoms with Gasteiger partial charge in [0.25, 0.3) is 10.0 Å². The minimum absolute atomic E-state index is 0.0614. The Morgan fingerprint density at radius 1 is 1.15 bits per heavy atom. The van der Waals surface area contributed by atoms with Crippen LogP contribution < -0.4 is 9.62 Å². The van der Waals surface area contributed by atoms with Gasteiger partial charge in [-0.05, 0) is 62.3 Å². The number of nitrogens with zero attached hydrogens (tertiary/aromatic N) is 2. The van der Waals surface area contributed by atoms with Gasteiger partial charge in [0, 0.05) is 24.5 Å². The number of anilines is 1. The summed E-state index contributed by atoms with van der Waals surface area (Å²) in [4.78, 5) is 14.9. The maximum absolute atomic E-state index is 13.5. The Bertz CT molecular complexity index is 1030. The molecule has 0 radical (unpaired) electrons. The van der Waals surface area contributed by atoms with E-state index in [9.17, 15) is 13.2 Å². The third kappa shape index (κ3) is 6.40. The first-order valence-corrected chi connectivity index (χ1v) is 13.1. The summed E-state index contributed by atoms with van der Waals surface area (Å²) < 4.78 is 34.1. The average molecular weight is 494 g/mol. The van der Waals surface area contributed by atoms with Crippen LogP contribution in [0.15, 0.2) is 53.4 Å². The molecule has 180 valence electrons. The van der Waals surface area contributed by atoms with E-state index in [1.54, 1.807) is 23.1 Å². The van der Waals surface area contributed by atoms with Crippen LogP contribution in [0, 0.1) is 0 Å². The lowest BCUT2D eigenvalue weighted by atomic mass is 10.0. The molecule has 1 N–H and O–H groups in total. The van der Waals surface area contributed by atoms with E-state index in [4.69, 9.17) is 16.3 Å². The van der Waals surface area contributed by atoms with E-state index in [0.29, 0.717) is 30.2 Å². The first-order valence-electron chi connectivity index (χ1n) is 11.3. The molecule has 0 saturated heterocycles. The predicted octanol–water partition coefficient (Wildman–Crippen LogP) is 4.31. The standard InChI is InChI=1S/C24H32ClN3O4S/c1-3-4-15-27(16-7-14-26-2)24(29)32-21-17-19-8-5-6-9-23(19)28(18-21)33(30,31)22-12-10-20(25)11-13-22/h5-6,8-13,21,26H,3-4,7,14-18H2,1-2H3. The molecule has 1 aliphatic heterocycles. The SMILES string of the molecule is CCCCN(CCCNC)C(=O)OC1Cc2ccccc2N(S(=O)(=O)c2ccc(Cl)cc2)C1. The number of ether oxygens (including phenoxy) is 1. The molecule has 1 aliphatic rings. The zero-order valence-electron chi connectivity index (χ0n) is 19.2. The number of carbonyl (C=O) groups is 1. The zero-order valence-corrected chi connectivity index (χ0v) is 20.7. The van der Waals surface area contributed by atoms with Gasteiger partial charge in [-0.2, -0.15) is 0 Å².